The van der Waals surface area contributed by atoms with Gasteiger partial charge in [-0.15, -0.1) is 0 Å². The minimum absolute atomic E-state index is 0. The van der Waals surface area contributed by atoms with Crippen molar-refractivity contribution in [2.24, 2.45) is 0 Å². The van der Waals surface area contributed by atoms with E-state index in [9.17, 15) is 31.1 Å². The molecule has 0 unspecified atom stereocenters. The van der Waals surface area contributed by atoms with E-state index in [0.717, 1.165) is 15.9 Å². The number of alkyl halides is 7. The van der Waals surface area contributed by atoms with E-state index in [0.29, 0.717) is 0 Å². The van der Waals surface area contributed by atoms with Crippen molar-refractivity contribution >= 4 is 45.0 Å². The largest absolute Gasteiger partial charge is 0.480 e. The maximum Gasteiger partial charge on any atom is 0.423 e. The molecule has 0 fully saturated rings. The van der Waals surface area contributed by atoms with Crippen LogP contribution in [-0.4, -0.2) is 50.8 Å². The maximum absolute atomic E-state index is 11.7. The highest BCUT2D eigenvalue weighted by Crippen LogP contribution is 2.49. The van der Waals surface area contributed by atoms with Crippen molar-refractivity contribution in [1.82, 2.24) is 0 Å². The van der Waals surface area contributed by atoms with E-state index < -0.39 is 22.6 Å². The Labute approximate surface area is 97.9 Å². The number of hydrogen-bond donors (Lipinski definition) is 1. The third-order valence-electron chi connectivity index (χ3n) is 1.08. The zero-order valence-corrected chi connectivity index (χ0v) is 9.21. The Kier molecular flexibility index (Phi) is 5.29. The first-order chi connectivity index (χ1) is 5.44. The lowest BCUT2D eigenvalue weighted by atomic mass is 10.1. The van der Waals surface area contributed by atoms with Crippen molar-refractivity contribution in [3.05, 3.63) is 0 Å². The molecule has 0 spiro atoms. The van der Waals surface area contributed by atoms with Crippen LogP contribution in [0.1, 0.15) is 0 Å². The van der Waals surface area contributed by atoms with Gasteiger partial charge in [0.1, 0.15) is 0 Å². The number of carboxylic acid groups (broad SMARTS) is 1. The molecule has 0 aromatic heterocycles. The summed E-state index contributed by atoms with van der Waals surface area (Å²) in [5, 5.41) is 7.82. The van der Waals surface area contributed by atoms with E-state index in [1.165, 1.54) is 0 Å². The minimum Gasteiger partial charge on any atom is -0.480 e. The lowest BCUT2D eigenvalue weighted by Crippen LogP contribution is -2.57. The highest BCUT2D eigenvalue weighted by molar-refractivity contribution is 9.10. The van der Waals surface area contributed by atoms with Crippen LogP contribution in [0.3, 0.4) is 0 Å². The zero-order valence-electron chi connectivity index (χ0n) is 6.21. The summed E-state index contributed by atoms with van der Waals surface area (Å²) >= 11 is 1.14. The predicted molar refractivity (Wildman–Crippen MR) is 37.2 cm³/mol. The maximum atomic E-state index is 11.7. The smallest absolute Gasteiger partial charge is 0.423 e. The summed E-state index contributed by atoms with van der Waals surface area (Å²) in [6.45, 7) is 0. The molecule has 10 heteroatoms. The first-order valence-corrected chi connectivity index (χ1v) is 3.29. The SMILES string of the molecule is O=C(O)C(Br)(C(F)(F)F)C(F)(F)F.[Mg]. The second-order valence-electron chi connectivity index (χ2n) is 1.96. The number of carboxylic acids is 1. The highest BCUT2D eigenvalue weighted by atomic mass is 79.9. The molecular formula is C4HBrF6MgO2. The van der Waals surface area contributed by atoms with E-state index in [1.54, 1.807) is 0 Å². The quantitative estimate of drug-likeness (QED) is 0.456. The second-order valence-corrected chi connectivity index (χ2v) is 3.15. The van der Waals surface area contributed by atoms with Crippen LogP contribution < -0.4 is 0 Å². The van der Waals surface area contributed by atoms with E-state index in [4.69, 9.17) is 5.11 Å². The fourth-order valence-electron chi connectivity index (χ4n) is 0.403. The summed E-state index contributed by atoms with van der Waals surface area (Å²) in [7, 11) is 0. The molecule has 2 nitrogen and oxygen atoms in total. The van der Waals surface area contributed by atoms with Crippen LogP contribution in [0.15, 0.2) is 0 Å². The van der Waals surface area contributed by atoms with Gasteiger partial charge in [0.05, 0.1) is 0 Å². The van der Waals surface area contributed by atoms with Gasteiger partial charge in [-0.05, 0) is 0 Å². The third-order valence-corrected chi connectivity index (χ3v) is 2.31. The Bertz CT molecular complexity index is 209. The summed E-state index contributed by atoms with van der Waals surface area (Å²) in [6, 6.07) is 0. The molecule has 0 saturated heterocycles. The normalized spacial score (nSPS) is 13.4. The van der Waals surface area contributed by atoms with Gasteiger partial charge < -0.3 is 5.11 Å². The topological polar surface area (TPSA) is 37.3 Å². The number of aliphatic carboxylic acids is 1. The molecule has 0 saturated carbocycles. The van der Waals surface area contributed by atoms with Crippen molar-refractivity contribution in [3.8, 4) is 0 Å². The van der Waals surface area contributed by atoms with Gasteiger partial charge in [-0.1, -0.05) is 15.9 Å². The van der Waals surface area contributed by atoms with Crippen molar-refractivity contribution in [1.29, 1.82) is 0 Å². The second kappa shape index (κ2) is 4.43. The molecule has 14 heavy (non-hydrogen) atoms. The summed E-state index contributed by atoms with van der Waals surface area (Å²) in [4.78, 5) is 9.83. The Hall–Kier alpha value is 0.296. The zero-order chi connectivity index (χ0) is 11.1. The molecule has 0 aromatic carbocycles. The average molecular weight is 299 g/mol. The molecule has 0 atom stereocenters. The third kappa shape index (κ3) is 2.66. The molecule has 0 bridgehead atoms. The van der Waals surface area contributed by atoms with Gasteiger partial charge in [-0.3, -0.25) is 0 Å². The first kappa shape index (κ1) is 16.7. The Morgan fingerprint density at radius 1 is 1.00 bits per heavy atom. The molecule has 0 aliphatic carbocycles. The van der Waals surface area contributed by atoms with Gasteiger partial charge >= 0.3 is 22.6 Å². The Morgan fingerprint density at radius 3 is 1.21 bits per heavy atom. The van der Waals surface area contributed by atoms with E-state index in [2.05, 4.69) is 0 Å². The predicted octanol–water partition coefficient (Wildman–Crippen LogP) is 1.95. The van der Waals surface area contributed by atoms with E-state index in [-0.39, 0.29) is 23.1 Å². The fraction of sp³-hybridized carbons (Fsp3) is 0.750. The molecule has 80 valence electrons. The lowest BCUT2D eigenvalue weighted by molar-refractivity contribution is -0.260. The summed E-state index contributed by atoms with van der Waals surface area (Å²) in [5.74, 6) is -3.05. The Morgan fingerprint density at radius 2 is 1.21 bits per heavy atom. The minimum atomic E-state index is -5.95. The summed E-state index contributed by atoms with van der Waals surface area (Å²) < 4.78 is 65.3. The van der Waals surface area contributed by atoms with Crippen LogP contribution >= 0.6 is 15.9 Å². The van der Waals surface area contributed by atoms with Crippen LogP contribution in [0, 0.1) is 0 Å². The molecule has 0 aromatic rings. The first-order valence-electron chi connectivity index (χ1n) is 2.50. The highest BCUT2D eigenvalue weighted by Gasteiger charge is 2.75. The van der Waals surface area contributed by atoms with E-state index >= 15 is 0 Å². The van der Waals surface area contributed by atoms with Crippen molar-refractivity contribution in [2.45, 2.75) is 16.7 Å². The van der Waals surface area contributed by atoms with Crippen LogP contribution in [-0.2, 0) is 4.79 Å². The summed E-state index contributed by atoms with van der Waals surface area (Å²) in [6.07, 6.45) is -11.9. The lowest BCUT2D eigenvalue weighted by Gasteiger charge is -2.27. The van der Waals surface area contributed by atoms with Crippen LogP contribution in [0.4, 0.5) is 26.3 Å². The van der Waals surface area contributed by atoms with Gasteiger partial charge in [0, 0.05) is 23.1 Å². The fourth-order valence-corrected chi connectivity index (χ4v) is 0.403. The van der Waals surface area contributed by atoms with Gasteiger partial charge in [0.2, 0.25) is 0 Å². The van der Waals surface area contributed by atoms with E-state index in [1.807, 2.05) is 0 Å². The average Bonchev–Trinajstić information content (AvgIpc) is 1.80. The van der Waals surface area contributed by atoms with Crippen LogP contribution in [0.5, 0.6) is 0 Å². The standard InChI is InChI=1S/C4HBrF6O2.Mg/c5-2(1(12)13,3(6,7)8)4(9,10)11;/h(H,12,13);. The summed E-state index contributed by atoms with van der Waals surface area (Å²) in [5.41, 5.74) is 0. The molecule has 0 heterocycles. The van der Waals surface area contributed by atoms with Gasteiger partial charge in [0.25, 0.3) is 0 Å². The van der Waals surface area contributed by atoms with Crippen molar-refractivity contribution in [2.75, 3.05) is 0 Å². The molecule has 2 radical (unpaired) electrons. The molecule has 0 aliphatic rings. The van der Waals surface area contributed by atoms with Crippen LogP contribution in [0.25, 0.3) is 0 Å². The molecule has 1 N–H and O–H groups in total. The molecular weight excluding hydrogens is 298 g/mol. The van der Waals surface area contributed by atoms with Crippen LogP contribution in [0.2, 0.25) is 0 Å². The molecule has 0 rings (SSSR count). The number of rotatable bonds is 1. The molecule has 0 aliphatic heterocycles. The number of halogens is 7. The van der Waals surface area contributed by atoms with Gasteiger partial charge in [0.15, 0.2) is 0 Å². The monoisotopic (exact) mass is 298 g/mol. The van der Waals surface area contributed by atoms with Gasteiger partial charge in [-0.25, -0.2) is 4.79 Å². The van der Waals surface area contributed by atoms with Gasteiger partial charge in [-0.2, -0.15) is 26.3 Å². The number of hydrogen-bond acceptors (Lipinski definition) is 1. The van der Waals surface area contributed by atoms with Crippen molar-refractivity contribution in [3.63, 3.8) is 0 Å². The molecule has 0 amide bonds. The Balaban J connectivity index is 0. The number of carbonyl (C=O) groups is 1. The van der Waals surface area contributed by atoms with Crippen molar-refractivity contribution < 1.29 is 36.2 Å².